The maximum atomic E-state index is 11.7. The van der Waals surface area contributed by atoms with Crippen LogP contribution in [0.4, 0.5) is 0 Å². The number of carbonyl (C=O) groups excluding carboxylic acids is 1. The highest BCUT2D eigenvalue weighted by molar-refractivity contribution is 5.85. The van der Waals surface area contributed by atoms with Crippen molar-refractivity contribution in [3.05, 3.63) is 0 Å². The molecule has 3 aliphatic rings. The van der Waals surface area contributed by atoms with Gasteiger partial charge in [-0.15, -0.1) is 12.4 Å². The van der Waals surface area contributed by atoms with Crippen LogP contribution in [-0.2, 0) is 4.79 Å². The average molecular weight is 259 g/mol. The maximum absolute atomic E-state index is 11.7. The van der Waals surface area contributed by atoms with Gasteiger partial charge in [-0.25, -0.2) is 0 Å². The topological polar surface area (TPSA) is 55.1 Å². The van der Waals surface area contributed by atoms with Gasteiger partial charge in [0.25, 0.3) is 0 Å². The molecule has 0 aliphatic heterocycles. The third-order valence-electron chi connectivity index (χ3n) is 4.71. The van der Waals surface area contributed by atoms with Gasteiger partial charge < -0.3 is 11.1 Å². The Kier molecular flexibility index (Phi) is 3.69. The number of amides is 1. The molecule has 1 atom stereocenters. The molecule has 3 fully saturated rings. The molecule has 0 heterocycles. The SMILES string of the molecule is Cl.N[C@@H](CC1CC2(CCC2)C1)C(=O)NC1CC1. The molecular formula is C13H23ClN2O. The molecule has 0 aromatic heterocycles. The number of nitrogens with two attached hydrogens (primary N) is 1. The summed E-state index contributed by atoms with van der Waals surface area (Å²) in [6.45, 7) is 0. The molecule has 3 aliphatic carbocycles. The standard InChI is InChI=1S/C13H22N2O.ClH/c14-11(12(16)15-10-2-3-10)6-9-7-13(8-9)4-1-5-13;/h9-11H,1-8,14H2,(H,15,16);1H/t11-;/m0./s1. The van der Waals surface area contributed by atoms with E-state index in [9.17, 15) is 4.79 Å². The van der Waals surface area contributed by atoms with E-state index in [1.54, 1.807) is 0 Å². The van der Waals surface area contributed by atoms with Gasteiger partial charge in [0.15, 0.2) is 0 Å². The van der Waals surface area contributed by atoms with E-state index in [-0.39, 0.29) is 24.4 Å². The summed E-state index contributed by atoms with van der Waals surface area (Å²) in [5.74, 6) is 0.803. The van der Waals surface area contributed by atoms with Gasteiger partial charge in [0, 0.05) is 6.04 Å². The van der Waals surface area contributed by atoms with Gasteiger partial charge >= 0.3 is 0 Å². The quantitative estimate of drug-likeness (QED) is 0.810. The molecule has 0 aromatic rings. The summed E-state index contributed by atoms with van der Waals surface area (Å²) < 4.78 is 0. The van der Waals surface area contributed by atoms with Crippen LogP contribution in [0.25, 0.3) is 0 Å². The monoisotopic (exact) mass is 258 g/mol. The lowest BCUT2D eigenvalue weighted by atomic mass is 9.51. The van der Waals surface area contributed by atoms with Crippen LogP contribution in [0.1, 0.15) is 51.4 Å². The first kappa shape index (κ1) is 13.2. The van der Waals surface area contributed by atoms with Gasteiger partial charge in [-0.3, -0.25) is 4.79 Å². The highest BCUT2D eigenvalue weighted by Crippen LogP contribution is 2.59. The zero-order valence-electron chi connectivity index (χ0n) is 10.3. The summed E-state index contributed by atoms with van der Waals surface area (Å²) in [5.41, 5.74) is 6.65. The highest BCUT2D eigenvalue weighted by Gasteiger charge is 2.48. The second kappa shape index (κ2) is 4.77. The summed E-state index contributed by atoms with van der Waals surface area (Å²) in [4.78, 5) is 11.7. The molecule has 3 rings (SSSR count). The van der Waals surface area contributed by atoms with E-state index in [4.69, 9.17) is 5.73 Å². The number of hydrogen-bond donors (Lipinski definition) is 2. The van der Waals surface area contributed by atoms with Crippen LogP contribution in [0.5, 0.6) is 0 Å². The minimum atomic E-state index is -0.261. The fourth-order valence-corrected chi connectivity index (χ4v) is 3.42. The molecule has 0 bridgehead atoms. The molecule has 17 heavy (non-hydrogen) atoms. The van der Waals surface area contributed by atoms with Gasteiger partial charge in [-0.2, -0.15) is 0 Å². The van der Waals surface area contributed by atoms with Crippen LogP contribution in [0.2, 0.25) is 0 Å². The van der Waals surface area contributed by atoms with Crippen molar-refractivity contribution in [1.29, 1.82) is 0 Å². The Morgan fingerprint density at radius 3 is 2.47 bits per heavy atom. The van der Waals surface area contributed by atoms with Crippen LogP contribution >= 0.6 is 12.4 Å². The first-order valence-corrected chi connectivity index (χ1v) is 6.73. The zero-order valence-corrected chi connectivity index (χ0v) is 11.1. The molecular weight excluding hydrogens is 236 g/mol. The van der Waals surface area contributed by atoms with E-state index in [0.29, 0.717) is 11.5 Å². The van der Waals surface area contributed by atoms with Crippen molar-refractivity contribution in [2.75, 3.05) is 0 Å². The van der Waals surface area contributed by atoms with E-state index >= 15 is 0 Å². The molecule has 0 aromatic carbocycles. The third kappa shape index (κ3) is 2.76. The van der Waals surface area contributed by atoms with Crippen LogP contribution in [0.3, 0.4) is 0 Å². The van der Waals surface area contributed by atoms with Gasteiger partial charge in [-0.05, 0) is 56.3 Å². The van der Waals surface area contributed by atoms with Crippen LogP contribution in [0.15, 0.2) is 0 Å². The lowest BCUT2D eigenvalue weighted by Gasteiger charge is -2.54. The first-order valence-electron chi connectivity index (χ1n) is 6.73. The fourth-order valence-electron chi connectivity index (χ4n) is 3.42. The smallest absolute Gasteiger partial charge is 0.237 e. The van der Waals surface area contributed by atoms with Crippen molar-refractivity contribution in [3.63, 3.8) is 0 Å². The molecule has 3 N–H and O–H groups in total. The van der Waals surface area contributed by atoms with Gasteiger partial charge in [-0.1, -0.05) is 6.42 Å². The molecule has 1 amide bonds. The normalized spacial score (nSPS) is 27.6. The van der Waals surface area contributed by atoms with Crippen molar-refractivity contribution >= 4 is 18.3 Å². The van der Waals surface area contributed by atoms with Crippen molar-refractivity contribution in [2.24, 2.45) is 17.1 Å². The van der Waals surface area contributed by atoms with Gasteiger partial charge in [0.1, 0.15) is 0 Å². The zero-order chi connectivity index (χ0) is 11.2. The summed E-state index contributed by atoms with van der Waals surface area (Å²) in [7, 11) is 0. The highest BCUT2D eigenvalue weighted by atomic mass is 35.5. The summed E-state index contributed by atoms with van der Waals surface area (Å²) in [5, 5.41) is 2.99. The van der Waals surface area contributed by atoms with Crippen LogP contribution in [0, 0.1) is 11.3 Å². The second-order valence-corrected chi connectivity index (χ2v) is 6.25. The van der Waals surface area contributed by atoms with Crippen LogP contribution in [-0.4, -0.2) is 18.0 Å². The number of halogens is 1. The number of rotatable bonds is 4. The predicted molar refractivity (Wildman–Crippen MR) is 70.0 cm³/mol. The minimum Gasteiger partial charge on any atom is -0.352 e. The summed E-state index contributed by atoms with van der Waals surface area (Å²) >= 11 is 0. The fraction of sp³-hybridized carbons (Fsp3) is 0.923. The third-order valence-corrected chi connectivity index (χ3v) is 4.71. The maximum Gasteiger partial charge on any atom is 0.237 e. The minimum absolute atomic E-state index is 0. The molecule has 3 saturated carbocycles. The van der Waals surface area contributed by atoms with Crippen molar-refractivity contribution in [2.45, 2.75) is 63.5 Å². The lowest BCUT2D eigenvalue weighted by molar-refractivity contribution is -0.123. The average Bonchev–Trinajstić information content (AvgIpc) is 2.90. The van der Waals surface area contributed by atoms with Gasteiger partial charge in [0.05, 0.1) is 6.04 Å². The van der Waals surface area contributed by atoms with E-state index in [1.165, 1.54) is 32.1 Å². The Bertz CT molecular complexity index is 292. The first-order chi connectivity index (χ1) is 7.67. The van der Waals surface area contributed by atoms with E-state index in [0.717, 1.165) is 25.2 Å². The summed E-state index contributed by atoms with van der Waals surface area (Å²) in [6, 6.07) is 0.181. The Morgan fingerprint density at radius 1 is 1.35 bits per heavy atom. The lowest BCUT2D eigenvalue weighted by Crippen LogP contribution is -2.48. The number of nitrogens with one attached hydrogen (secondary N) is 1. The Balaban J connectivity index is 0.00000108. The van der Waals surface area contributed by atoms with E-state index in [2.05, 4.69) is 5.32 Å². The Labute approximate surface area is 109 Å². The van der Waals surface area contributed by atoms with Gasteiger partial charge in [0.2, 0.25) is 5.91 Å². The van der Waals surface area contributed by atoms with E-state index in [1.807, 2.05) is 0 Å². The molecule has 0 radical (unpaired) electrons. The Morgan fingerprint density at radius 2 is 2.00 bits per heavy atom. The molecule has 4 heteroatoms. The molecule has 1 spiro atoms. The van der Waals surface area contributed by atoms with Crippen LogP contribution < -0.4 is 11.1 Å². The van der Waals surface area contributed by atoms with Crippen molar-refractivity contribution < 1.29 is 4.79 Å². The number of carbonyl (C=O) groups is 1. The van der Waals surface area contributed by atoms with Crippen molar-refractivity contribution in [1.82, 2.24) is 5.32 Å². The predicted octanol–water partition coefficient (Wildman–Crippen LogP) is 1.98. The number of hydrogen-bond acceptors (Lipinski definition) is 2. The van der Waals surface area contributed by atoms with E-state index < -0.39 is 0 Å². The largest absolute Gasteiger partial charge is 0.352 e. The molecule has 0 unspecified atom stereocenters. The second-order valence-electron chi connectivity index (χ2n) is 6.25. The molecule has 0 saturated heterocycles. The summed E-state index contributed by atoms with van der Waals surface area (Å²) in [6.07, 6.45) is 10.1. The van der Waals surface area contributed by atoms with Crippen molar-refractivity contribution in [3.8, 4) is 0 Å². The molecule has 3 nitrogen and oxygen atoms in total. The molecule has 98 valence electrons. The Hall–Kier alpha value is -0.280.